The van der Waals surface area contributed by atoms with E-state index in [0.29, 0.717) is 17.3 Å². The quantitative estimate of drug-likeness (QED) is 0.502. The van der Waals surface area contributed by atoms with Crippen molar-refractivity contribution in [3.63, 3.8) is 0 Å². The smallest absolute Gasteiger partial charge is 0.144 e. The molecular formula is C28H28FNO3S. The lowest BCUT2D eigenvalue weighted by atomic mass is 9.99. The van der Waals surface area contributed by atoms with Gasteiger partial charge in [-0.2, -0.15) is 0 Å². The maximum atomic E-state index is 14.6. The summed E-state index contributed by atoms with van der Waals surface area (Å²) in [7, 11) is 0. The molecule has 0 unspecified atom stereocenters. The maximum absolute atomic E-state index is 14.6. The largest absolute Gasteiger partial charge is 0.508 e. The Morgan fingerprint density at radius 1 is 1.12 bits per heavy atom. The number of phenolic OH excluding ortho intramolecular Hbond substituents is 1. The number of likely N-dealkylation sites (tertiary alicyclic amines) is 1. The first-order valence-electron chi connectivity index (χ1n) is 11.8. The fourth-order valence-electron chi connectivity index (χ4n) is 4.51. The molecule has 0 saturated carbocycles. The van der Waals surface area contributed by atoms with Crippen molar-refractivity contribution < 1.29 is 19.0 Å². The molecule has 1 saturated heterocycles. The zero-order valence-corrected chi connectivity index (χ0v) is 19.8. The van der Waals surface area contributed by atoms with Crippen LogP contribution in [0.2, 0.25) is 0 Å². The molecule has 1 N–H and O–H groups in total. The Bertz CT molecular complexity index is 1140. The van der Waals surface area contributed by atoms with E-state index in [0.717, 1.165) is 42.6 Å². The van der Waals surface area contributed by atoms with Crippen LogP contribution in [-0.4, -0.2) is 41.5 Å². The molecule has 2 aliphatic heterocycles. The number of allylic oxidation sites excluding steroid dienone is 4. The average Bonchev–Trinajstić information content (AvgIpc) is 3.14. The van der Waals surface area contributed by atoms with E-state index in [1.807, 2.05) is 54.6 Å². The molecule has 2 aromatic rings. The van der Waals surface area contributed by atoms with Gasteiger partial charge in [0.05, 0.1) is 10.1 Å². The van der Waals surface area contributed by atoms with Gasteiger partial charge in [0.25, 0.3) is 0 Å². The predicted octanol–water partition coefficient (Wildman–Crippen LogP) is 6.20. The third kappa shape index (κ3) is 5.25. The second-order valence-electron chi connectivity index (χ2n) is 8.68. The molecule has 1 fully saturated rings. The van der Waals surface area contributed by atoms with Crippen LogP contribution >= 0.6 is 11.8 Å². The number of ether oxygens (including phenoxy) is 2. The molecule has 0 bridgehead atoms. The van der Waals surface area contributed by atoms with Crippen LogP contribution in [0.15, 0.2) is 83.0 Å². The fraction of sp³-hybridized carbons (Fsp3) is 0.321. The normalized spacial score (nSPS) is 22.0. The van der Waals surface area contributed by atoms with E-state index in [1.54, 1.807) is 0 Å². The molecule has 0 spiro atoms. The number of thioether (sulfide) groups is 1. The van der Waals surface area contributed by atoms with Crippen LogP contribution in [0.4, 0.5) is 4.39 Å². The first-order chi connectivity index (χ1) is 16.7. The van der Waals surface area contributed by atoms with E-state index >= 15 is 0 Å². The number of nitrogens with zero attached hydrogens (tertiary/aromatic N) is 1. The van der Waals surface area contributed by atoms with E-state index in [2.05, 4.69) is 10.6 Å². The van der Waals surface area contributed by atoms with Crippen molar-refractivity contribution in [3.05, 3.63) is 89.5 Å². The van der Waals surface area contributed by atoms with E-state index < -0.39 is 5.82 Å². The van der Waals surface area contributed by atoms with Crippen molar-refractivity contribution in [1.82, 2.24) is 4.90 Å². The first-order valence-corrected chi connectivity index (χ1v) is 12.7. The summed E-state index contributed by atoms with van der Waals surface area (Å²) in [5.41, 5.74) is 5.09. The standard InChI is InChI=1S/C28H28FNO3S/c29-24-18-22(31)19-25-28(24)34-27(21-8-4-1-2-5-9-21)26(33-25)20-10-12-23(13-11-20)32-17-16-30-14-6-3-7-15-30/h1-2,4,8-13,18-19,26-27,31H,3,6-7,14-17H2/t26-,27+/m1/s1. The van der Waals surface area contributed by atoms with E-state index in [1.165, 1.54) is 37.1 Å². The van der Waals surface area contributed by atoms with Gasteiger partial charge in [0.1, 0.15) is 35.8 Å². The molecule has 2 atom stereocenters. The highest BCUT2D eigenvalue weighted by molar-refractivity contribution is 8.00. The van der Waals surface area contributed by atoms with Crippen molar-refractivity contribution >= 4 is 11.8 Å². The van der Waals surface area contributed by atoms with Crippen LogP contribution < -0.4 is 9.47 Å². The van der Waals surface area contributed by atoms with Gasteiger partial charge in [0.2, 0.25) is 0 Å². The first kappa shape index (κ1) is 22.9. The monoisotopic (exact) mass is 477 g/mol. The topological polar surface area (TPSA) is 41.9 Å². The SMILES string of the molecule is Oc1cc(F)c2c(c1)O[C@H](c1ccc(OCCN3CCCCC3)cc1)[C@H](C1=CC=CC=C=C1)S2. The zero-order valence-electron chi connectivity index (χ0n) is 19.0. The van der Waals surface area contributed by atoms with Gasteiger partial charge in [-0.05, 0) is 61.4 Å². The van der Waals surface area contributed by atoms with Crippen molar-refractivity contribution in [2.24, 2.45) is 0 Å². The van der Waals surface area contributed by atoms with Crippen molar-refractivity contribution in [3.8, 4) is 17.2 Å². The highest BCUT2D eigenvalue weighted by Gasteiger charge is 2.36. The summed E-state index contributed by atoms with van der Waals surface area (Å²) in [5, 5.41) is 9.72. The van der Waals surface area contributed by atoms with Crippen LogP contribution in [0, 0.1) is 5.82 Å². The molecule has 0 amide bonds. The Hall–Kier alpha value is -2.92. The van der Waals surface area contributed by atoms with Gasteiger partial charge in [0.15, 0.2) is 0 Å². The van der Waals surface area contributed by atoms with Gasteiger partial charge in [-0.15, -0.1) is 17.5 Å². The molecule has 6 heteroatoms. The van der Waals surface area contributed by atoms with Crippen molar-refractivity contribution in [2.45, 2.75) is 35.5 Å². The number of fused-ring (bicyclic) bond motifs is 1. The lowest BCUT2D eigenvalue weighted by molar-refractivity contribution is 0.183. The number of benzene rings is 2. The van der Waals surface area contributed by atoms with Crippen LogP contribution in [0.1, 0.15) is 30.9 Å². The van der Waals surface area contributed by atoms with Crippen LogP contribution in [0.3, 0.4) is 0 Å². The van der Waals surface area contributed by atoms with Gasteiger partial charge in [-0.3, -0.25) is 4.90 Å². The molecule has 5 rings (SSSR count). The highest BCUT2D eigenvalue weighted by atomic mass is 32.2. The van der Waals surface area contributed by atoms with Crippen LogP contribution in [-0.2, 0) is 0 Å². The van der Waals surface area contributed by atoms with E-state index in [4.69, 9.17) is 9.47 Å². The summed E-state index contributed by atoms with van der Waals surface area (Å²) in [6.07, 6.45) is 13.1. The summed E-state index contributed by atoms with van der Waals surface area (Å²) in [6, 6.07) is 10.5. The third-order valence-electron chi connectivity index (χ3n) is 6.27. The minimum absolute atomic E-state index is 0.147. The summed E-state index contributed by atoms with van der Waals surface area (Å²) < 4.78 is 26.9. The Morgan fingerprint density at radius 3 is 2.76 bits per heavy atom. The lowest BCUT2D eigenvalue weighted by Crippen LogP contribution is -2.33. The molecule has 3 aliphatic rings. The van der Waals surface area contributed by atoms with Gasteiger partial charge < -0.3 is 14.6 Å². The van der Waals surface area contributed by atoms with E-state index in [9.17, 15) is 9.50 Å². The molecule has 0 radical (unpaired) electrons. The summed E-state index contributed by atoms with van der Waals surface area (Å²) in [6.45, 7) is 3.93. The fourth-order valence-corrected chi connectivity index (χ4v) is 5.77. The Morgan fingerprint density at radius 2 is 1.94 bits per heavy atom. The molecule has 1 aliphatic carbocycles. The van der Waals surface area contributed by atoms with Gasteiger partial charge in [-0.25, -0.2) is 4.39 Å². The summed E-state index contributed by atoms with van der Waals surface area (Å²) in [5.74, 6) is 0.551. The van der Waals surface area contributed by atoms with Crippen LogP contribution in [0.25, 0.3) is 0 Å². The number of piperidine rings is 1. The molecule has 34 heavy (non-hydrogen) atoms. The zero-order chi connectivity index (χ0) is 23.3. The number of rotatable bonds is 6. The number of phenols is 1. The second kappa shape index (κ2) is 10.6. The Kier molecular flexibility index (Phi) is 7.10. The number of hydrogen-bond acceptors (Lipinski definition) is 5. The minimum atomic E-state index is -0.481. The Labute approximate surface area is 204 Å². The van der Waals surface area contributed by atoms with Gasteiger partial charge in [-0.1, -0.05) is 36.8 Å². The van der Waals surface area contributed by atoms with Gasteiger partial charge in [0, 0.05) is 18.7 Å². The number of halogens is 1. The predicted molar refractivity (Wildman–Crippen MR) is 133 cm³/mol. The maximum Gasteiger partial charge on any atom is 0.144 e. The minimum Gasteiger partial charge on any atom is -0.508 e. The van der Waals surface area contributed by atoms with Gasteiger partial charge >= 0.3 is 0 Å². The second-order valence-corrected chi connectivity index (χ2v) is 9.83. The highest BCUT2D eigenvalue weighted by Crippen LogP contribution is 2.50. The van der Waals surface area contributed by atoms with E-state index in [-0.39, 0.29) is 17.1 Å². The lowest BCUT2D eigenvalue weighted by Gasteiger charge is -2.34. The number of hydrogen-bond donors (Lipinski definition) is 1. The number of aromatic hydroxyl groups is 1. The molecule has 176 valence electrons. The molecule has 2 heterocycles. The molecular weight excluding hydrogens is 449 g/mol. The molecule has 2 aromatic carbocycles. The van der Waals surface area contributed by atoms with Crippen LogP contribution in [0.5, 0.6) is 17.2 Å². The Balaban J connectivity index is 1.35. The molecule has 0 aromatic heterocycles. The molecule has 4 nitrogen and oxygen atoms in total. The van der Waals surface area contributed by atoms with Crippen molar-refractivity contribution in [1.29, 1.82) is 0 Å². The van der Waals surface area contributed by atoms with Crippen molar-refractivity contribution in [2.75, 3.05) is 26.2 Å². The summed E-state index contributed by atoms with van der Waals surface area (Å²) in [4.78, 5) is 2.86. The summed E-state index contributed by atoms with van der Waals surface area (Å²) >= 11 is 1.41. The third-order valence-corrected chi connectivity index (χ3v) is 7.68. The average molecular weight is 478 g/mol.